The molecule has 94 valence electrons. The van der Waals surface area contributed by atoms with E-state index in [1.807, 2.05) is 0 Å². The number of aromatic nitrogens is 2. The van der Waals surface area contributed by atoms with Crippen LogP contribution in [-0.4, -0.2) is 9.97 Å². The first kappa shape index (κ1) is 12.8. The van der Waals surface area contributed by atoms with E-state index in [2.05, 4.69) is 9.97 Å². The molecule has 0 radical (unpaired) electrons. The highest BCUT2D eigenvalue weighted by Crippen LogP contribution is 2.30. The van der Waals surface area contributed by atoms with E-state index >= 15 is 0 Å². The van der Waals surface area contributed by atoms with E-state index in [9.17, 15) is 17.6 Å². The zero-order valence-corrected chi connectivity index (χ0v) is 9.43. The highest BCUT2D eigenvalue weighted by atomic mass is 35.5. The minimum Gasteiger partial charge on any atom is -0.251 e. The first-order valence-corrected chi connectivity index (χ1v) is 5.10. The number of hydrogen-bond acceptors (Lipinski definition) is 2. The molecule has 0 atom stereocenters. The topological polar surface area (TPSA) is 25.8 Å². The fourth-order valence-electron chi connectivity index (χ4n) is 1.36. The van der Waals surface area contributed by atoms with Crippen molar-refractivity contribution in [1.29, 1.82) is 0 Å². The van der Waals surface area contributed by atoms with Crippen LogP contribution in [0.15, 0.2) is 30.6 Å². The van der Waals surface area contributed by atoms with Crippen molar-refractivity contribution in [2.45, 2.75) is 6.18 Å². The zero-order valence-electron chi connectivity index (χ0n) is 8.67. The van der Waals surface area contributed by atoms with Crippen LogP contribution in [0, 0.1) is 5.82 Å². The second kappa shape index (κ2) is 4.53. The summed E-state index contributed by atoms with van der Waals surface area (Å²) < 4.78 is 50.3. The second-order valence-corrected chi connectivity index (χ2v) is 3.80. The fourth-order valence-corrected chi connectivity index (χ4v) is 1.51. The van der Waals surface area contributed by atoms with Gasteiger partial charge in [0.05, 0.1) is 6.20 Å². The second-order valence-electron chi connectivity index (χ2n) is 3.42. The maximum atomic E-state index is 13.4. The fraction of sp³-hybridized carbons (Fsp3) is 0.0909. The van der Waals surface area contributed by atoms with E-state index in [-0.39, 0.29) is 16.3 Å². The third kappa shape index (κ3) is 2.59. The maximum absolute atomic E-state index is 13.4. The van der Waals surface area contributed by atoms with Crippen molar-refractivity contribution in [3.63, 3.8) is 0 Å². The van der Waals surface area contributed by atoms with E-state index in [1.165, 1.54) is 6.07 Å². The minimum atomic E-state index is -4.52. The summed E-state index contributed by atoms with van der Waals surface area (Å²) >= 11 is 5.59. The molecule has 0 bridgehead atoms. The number of nitrogens with zero attached hydrogens (tertiary/aromatic N) is 2. The van der Waals surface area contributed by atoms with Gasteiger partial charge in [0, 0.05) is 17.3 Å². The van der Waals surface area contributed by atoms with Crippen LogP contribution >= 0.6 is 11.6 Å². The Kier molecular flexibility index (Phi) is 3.21. The van der Waals surface area contributed by atoms with Crippen LogP contribution in [0.25, 0.3) is 11.1 Å². The molecule has 0 saturated heterocycles. The van der Waals surface area contributed by atoms with Crippen molar-refractivity contribution in [2.75, 3.05) is 0 Å². The molecule has 0 fully saturated rings. The molecule has 2 nitrogen and oxygen atoms in total. The molecule has 18 heavy (non-hydrogen) atoms. The molecule has 2 aromatic heterocycles. The Hall–Kier alpha value is -1.69. The SMILES string of the molecule is Fc1cnc(Cl)cc1-c1ccc(C(F)(F)F)nc1. The normalized spacial score (nSPS) is 11.6. The predicted molar refractivity (Wildman–Crippen MR) is 57.4 cm³/mol. The minimum absolute atomic E-state index is 0.0475. The molecule has 0 aromatic carbocycles. The third-order valence-corrected chi connectivity index (χ3v) is 2.39. The van der Waals surface area contributed by atoms with Crippen LogP contribution in [0.2, 0.25) is 5.15 Å². The summed E-state index contributed by atoms with van der Waals surface area (Å²) in [6.07, 6.45) is -2.68. The molecule has 7 heteroatoms. The zero-order chi connectivity index (χ0) is 13.3. The smallest absolute Gasteiger partial charge is 0.251 e. The number of hydrogen-bond donors (Lipinski definition) is 0. The summed E-state index contributed by atoms with van der Waals surface area (Å²) in [5, 5.41) is 0.0475. The average molecular weight is 277 g/mol. The van der Waals surface area contributed by atoms with Crippen molar-refractivity contribution in [3.05, 3.63) is 47.3 Å². The van der Waals surface area contributed by atoms with Crippen molar-refractivity contribution < 1.29 is 17.6 Å². The highest BCUT2D eigenvalue weighted by molar-refractivity contribution is 6.29. The van der Waals surface area contributed by atoms with Crippen molar-refractivity contribution in [2.24, 2.45) is 0 Å². The van der Waals surface area contributed by atoms with Gasteiger partial charge in [-0.05, 0) is 12.1 Å². The quantitative estimate of drug-likeness (QED) is 0.582. The van der Waals surface area contributed by atoms with Crippen LogP contribution in [-0.2, 0) is 6.18 Å². The van der Waals surface area contributed by atoms with Crippen LogP contribution in [0.5, 0.6) is 0 Å². The van der Waals surface area contributed by atoms with Gasteiger partial charge in [-0.2, -0.15) is 13.2 Å². The Morgan fingerprint density at radius 3 is 2.33 bits per heavy atom. The molecule has 0 aliphatic rings. The van der Waals surface area contributed by atoms with Crippen LogP contribution in [0.4, 0.5) is 17.6 Å². The summed E-state index contributed by atoms with van der Waals surface area (Å²) in [4.78, 5) is 6.75. The van der Waals surface area contributed by atoms with E-state index in [0.29, 0.717) is 0 Å². The molecule has 0 unspecified atom stereocenters. The van der Waals surface area contributed by atoms with Crippen molar-refractivity contribution in [1.82, 2.24) is 9.97 Å². The first-order chi connectivity index (χ1) is 8.38. The Morgan fingerprint density at radius 2 is 1.78 bits per heavy atom. The molecule has 0 aliphatic heterocycles. The van der Waals surface area contributed by atoms with Gasteiger partial charge in [0.25, 0.3) is 0 Å². The lowest BCUT2D eigenvalue weighted by atomic mass is 10.1. The van der Waals surface area contributed by atoms with Crippen LogP contribution in [0.1, 0.15) is 5.69 Å². The molecule has 2 heterocycles. The lowest BCUT2D eigenvalue weighted by Gasteiger charge is -2.07. The molecule has 0 aliphatic carbocycles. The standard InChI is InChI=1S/C11H5ClF4N2/c12-10-3-7(8(13)5-18-10)6-1-2-9(17-4-6)11(14,15)16/h1-5H. The van der Waals surface area contributed by atoms with Gasteiger partial charge in [0.2, 0.25) is 0 Å². The first-order valence-electron chi connectivity index (χ1n) is 4.72. The molecule has 2 aromatic rings. The molecule has 0 saturated carbocycles. The molecule has 0 N–H and O–H groups in total. The van der Waals surface area contributed by atoms with Gasteiger partial charge in [-0.25, -0.2) is 9.37 Å². The largest absolute Gasteiger partial charge is 0.433 e. The van der Waals surface area contributed by atoms with Gasteiger partial charge in [0.1, 0.15) is 16.7 Å². The number of pyridine rings is 2. The van der Waals surface area contributed by atoms with Crippen LogP contribution in [0.3, 0.4) is 0 Å². The third-order valence-electron chi connectivity index (χ3n) is 2.19. The lowest BCUT2D eigenvalue weighted by molar-refractivity contribution is -0.141. The van der Waals surface area contributed by atoms with Gasteiger partial charge in [0.15, 0.2) is 0 Å². The number of rotatable bonds is 1. The summed E-state index contributed by atoms with van der Waals surface area (Å²) in [6.45, 7) is 0. The molecular formula is C11H5ClF4N2. The van der Waals surface area contributed by atoms with E-state index in [4.69, 9.17) is 11.6 Å². The molecule has 0 spiro atoms. The average Bonchev–Trinajstić information content (AvgIpc) is 2.31. The summed E-state index contributed by atoms with van der Waals surface area (Å²) in [5.41, 5.74) is -0.784. The summed E-state index contributed by atoms with van der Waals surface area (Å²) in [7, 11) is 0. The number of alkyl halides is 3. The monoisotopic (exact) mass is 276 g/mol. The Balaban J connectivity index is 2.43. The van der Waals surface area contributed by atoms with Crippen molar-refractivity contribution >= 4 is 11.6 Å². The van der Waals surface area contributed by atoms with E-state index < -0.39 is 17.7 Å². The Bertz CT molecular complexity index is 566. The molecule has 0 amide bonds. The van der Waals surface area contributed by atoms with Gasteiger partial charge in [-0.3, -0.25) is 4.98 Å². The summed E-state index contributed by atoms with van der Waals surface area (Å²) in [6, 6.07) is 3.13. The maximum Gasteiger partial charge on any atom is 0.433 e. The molecule has 2 rings (SSSR count). The van der Waals surface area contributed by atoms with Gasteiger partial charge in [-0.15, -0.1) is 0 Å². The van der Waals surface area contributed by atoms with Gasteiger partial charge in [-0.1, -0.05) is 17.7 Å². The predicted octanol–water partition coefficient (Wildman–Crippen LogP) is 3.95. The Morgan fingerprint density at radius 1 is 1.06 bits per heavy atom. The van der Waals surface area contributed by atoms with E-state index in [1.54, 1.807) is 0 Å². The van der Waals surface area contributed by atoms with Crippen molar-refractivity contribution in [3.8, 4) is 11.1 Å². The van der Waals surface area contributed by atoms with Crippen LogP contribution < -0.4 is 0 Å². The Labute approximate surface area is 104 Å². The number of halogens is 5. The van der Waals surface area contributed by atoms with Gasteiger partial charge < -0.3 is 0 Å². The molecular weight excluding hydrogens is 272 g/mol. The lowest BCUT2D eigenvalue weighted by Crippen LogP contribution is -2.07. The van der Waals surface area contributed by atoms with Gasteiger partial charge >= 0.3 is 6.18 Å². The summed E-state index contributed by atoms with van der Waals surface area (Å²) in [5.74, 6) is -0.680. The highest BCUT2D eigenvalue weighted by Gasteiger charge is 2.32. The van der Waals surface area contributed by atoms with E-state index in [0.717, 1.165) is 24.5 Å².